The zero-order chi connectivity index (χ0) is 47.8. The molecule has 0 N–H and O–H groups in total. The third-order valence-corrected chi connectivity index (χ3v) is 16.8. The number of rotatable bonds is 5. The van der Waals surface area contributed by atoms with Crippen LogP contribution >= 0.6 is 11.3 Å². The summed E-state index contributed by atoms with van der Waals surface area (Å²) in [5.74, 6) is 0. The fraction of sp³-hybridized carbons (Fsp3) is 0.302. The van der Waals surface area contributed by atoms with Gasteiger partial charge in [-0.05, 0) is 184 Å². The molecule has 1 aromatic heterocycles. The van der Waals surface area contributed by atoms with E-state index in [1.54, 1.807) is 0 Å². The van der Waals surface area contributed by atoms with Crippen LogP contribution < -0.4 is 30.4 Å². The minimum absolute atomic E-state index is 0.0242. The first-order valence-electron chi connectivity index (χ1n) is 24.8. The first-order chi connectivity index (χ1) is 32.2. The number of para-hydroxylation sites is 1. The highest BCUT2D eigenvalue weighted by Crippen LogP contribution is 2.53. The van der Waals surface area contributed by atoms with E-state index in [2.05, 4.69) is 244 Å². The van der Waals surface area contributed by atoms with E-state index < -0.39 is 0 Å². The van der Waals surface area contributed by atoms with Crippen molar-refractivity contribution < 1.29 is 0 Å². The number of hydrogen-bond acceptors (Lipinski definition) is 4. The van der Waals surface area contributed by atoms with Crippen molar-refractivity contribution in [2.45, 2.75) is 125 Å². The predicted octanol–water partition coefficient (Wildman–Crippen LogP) is 16.3. The summed E-state index contributed by atoms with van der Waals surface area (Å²) >= 11 is 2.02. The molecule has 8 aromatic rings. The molecular weight excluding hydrogens is 842 g/mol. The van der Waals surface area contributed by atoms with E-state index in [0.29, 0.717) is 0 Å². The van der Waals surface area contributed by atoms with Gasteiger partial charge in [-0.1, -0.05) is 130 Å². The van der Waals surface area contributed by atoms with E-state index in [0.717, 1.165) is 11.4 Å². The zero-order valence-corrected chi connectivity index (χ0v) is 43.3. The number of aryl methyl sites for hydroxylation is 3. The molecule has 0 saturated carbocycles. The third kappa shape index (κ3) is 7.13. The summed E-state index contributed by atoms with van der Waals surface area (Å²) in [5, 5.41) is 1.37. The van der Waals surface area contributed by atoms with Crippen molar-refractivity contribution in [3.8, 4) is 0 Å². The number of hydrogen-bond donors (Lipinski definition) is 0. The van der Waals surface area contributed by atoms with Crippen LogP contribution in [0.1, 0.15) is 121 Å². The van der Waals surface area contributed by atoms with Gasteiger partial charge in [0.1, 0.15) is 0 Å². The van der Waals surface area contributed by atoms with Gasteiger partial charge in [-0.25, -0.2) is 0 Å². The van der Waals surface area contributed by atoms with Gasteiger partial charge >= 0.3 is 0 Å². The highest BCUT2D eigenvalue weighted by molar-refractivity contribution is 7.33. The molecule has 0 atom stereocenters. The molecule has 0 unspecified atom stereocenters. The van der Waals surface area contributed by atoms with E-state index in [-0.39, 0.29) is 28.4 Å². The van der Waals surface area contributed by atoms with Crippen LogP contribution in [-0.2, 0) is 21.7 Å². The minimum atomic E-state index is 0.0242. The van der Waals surface area contributed by atoms with Gasteiger partial charge < -0.3 is 14.7 Å². The Balaban J connectivity index is 1.23. The lowest BCUT2D eigenvalue weighted by Crippen LogP contribution is -2.60. The molecule has 3 heterocycles. The Morgan fingerprint density at radius 3 is 1.72 bits per heavy atom. The molecule has 7 aromatic carbocycles. The molecule has 3 aliphatic rings. The van der Waals surface area contributed by atoms with E-state index in [4.69, 9.17) is 0 Å². The summed E-state index contributed by atoms with van der Waals surface area (Å²) in [6.07, 6.45) is 2.37. The van der Waals surface area contributed by atoms with E-state index >= 15 is 0 Å². The lowest BCUT2D eigenvalue weighted by atomic mass is 9.36. The van der Waals surface area contributed by atoms with Crippen LogP contribution in [0, 0.1) is 20.8 Å². The van der Waals surface area contributed by atoms with Crippen molar-refractivity contribution >= 4 is 95.0 Å². The fourth-order valence-electron chi connectivity index (χ4n) is 11.6. The average Bonchev–Trinajstić information content (AvgIpc) is 3.66. The monoisotopic (exact) mass is 908 g/mol. The third-order valence-electron chi connectivity index (χ3n) is 15.6. The first-order valence-corrected chi connectivity index (χ1v) is 25.6. The smallest absolute Gasteiger partial charge is 0.264 e. The van der Waals surface area contributed by atoms with Crippen molar-refractivity contribution in [1.82, 2.24) is 0 Å². The lowest BCUT2D eigenvalue weighted by Gasteiger charge is -2.44. The van der Waals surface area contributed by atoms with Crippen molar-refractivity contribution in [1.29, 1.82) is 0 Å². The molecule has 5 heteroatoms. The van der Waals surface area contributed by atoms with Gasteiger partial charge in [-0.15, -0.1) is 11.3 Å². The summed E-state index contributed by atoms with van der Waals surface area (Å²) in [7, 11) is 0. The molecule has 342 valence electrons. The largest absolute Gasteiger partial charge is 0.311 e. The summed E-state index contributed by atoms with van der Waals surface area (Å²) in [5.41, 5.74) is 23.3. The maximum atomic E-state index is 2.65. The van der Waals surface area contributed by atoms with Gasteiger partial charge in [-0.3, -0.25) is 0 Å². The highest BCUT2D eigenvalue weighted by atomic mass is 32.1. The van der Waals surface area contributed by atoms with Crippen molar-refractivity contribution in [2.75, 3.05) is 14.7 Å². The zero-order valence-electron chi connectivity index (χ0n) is 42.5. The Hall–Kier alpha value is -6.04. The molecule has 0 amide bonds. The van der Waals surface area contributed by atoms with Crippen LogP contribution in [-0.4, -0.2) is 6.71 Å². The lowest BCUT2D eigenvalue weighted by molar-refractivity contribution is 0.332. The molecule has 3 nitrogen and oxygen atoms in total. The summed E-state index contributed by atoms with van der Waals surface area (Å²) in [4.78, 5) is 7.69. The number of thiophene rings is 1. The van der Waals surface area contributed by atoms with Crippen LogP contribution in [0.5, 0.6) is 0 Å². The van der Waals surface area contributed by atoms with Gasteiger partial charge in [0.15, 0.2) is 0 Å². The average molecular weight is 908 g/mol. The quantitative estimate of drug-likeness (QED) is 0.159. The van der Waals surface area contributed by atoms with Gasteiger partial charge in [-0.2, -0.15) is 0 Å². The van der Waals surface area contributed by atoms with Gasteiger partial charge in [0.05, 0.1) is 5.69 Å². The number of anilines is 9. The Labute approximate surface area is 410 Å². The van der Waals surface area contributed by atoms with E-state index in [1.165, 1.54) is 117 Å². The molecule has 11 rings (SSSR count). The maximum Gasteiger partial charge on any atom is 0.264 e. The van der Waals surface area contributed by atoms with Crippen LogP contribution in [0.3, 0.4) is 0 Å². The Morgan fingerprint density at radius 2 is 1.12 bits per heavy atom. The van der Waals surface area contributed by atoms with Gasteiger partial charge in [0.2, 0.25) is 0 Å². The second-order valence-electron chi connectivity index (χ2n) is 23.6. The summed E-state index contributed by atoms with van der Waals surface area (Å²) in [6.45, 7) is 30.5. The normalized spacial score (nSPS) is 15.8. The molecule has 1 aliphatic carbocycles. The van der Waals surface area contributed by atoms with Gasteiger partial charge in [0, 0.05) is 60.4 Å². The minimum Gasteiger partial charge on any atom is -0.311 e. The van der Waals surface area contributed by atoms with Crippen molar-refractivity contribution in [3.05, 3.63) is 178 Å². The Bertz CT molecular complexity index is 3300. The standard InChI is InChI=1S/C63H66BN3S/c1-39-17-16-19-46(33-39)65(52-20-15-14-18-41(52)3)47-29-30-51-53(36-47)66(44-25-21-42(22-26-44)60(4,5)6)54-34-40(2)35-55-57(54)64(51)59-58(67(55)45-27-23-43(24-28-45)61(7,8)9)48-37-49-50(38-56(48)68-59)63(12,13)32-31-62(49,10)11/h14-30,33-38H,31-32H2,1-13H3. The Morgan fingerprint density at radius 1 is 0.544 bits per heavy atom. The number of benzene rings is 7. The second-order valence-corrected chi connectivity index (χ2v) is 24.7. The SMILES string of the molecule is Cc1cccc(N(c2ccc3c(c2)N(c2ccc(C(C)(C)C)cc2)c2cc(C)cc4c2B3c2sc3cc5c(cc3c2N4c2ccc(C(C)(C)C)cc2)C(C)(C)CCC5(C)C)c2ccccc2C)c1. The summed E-state index contributed by atoms with van der Waals surface area (Å²) in [6, 6.07) is 54.1. The van der Waals surface area contributed by atoms with E-state index in [1.807, 2.05) is 11.3 Å². The molecule has 0 bridgehead atoms. The second kappa shape index (κ2) is 15.5. The van der Waals surface area contributed by atoms with Crippen molar-refractivity contribution in [3.63, 3.8) is 0 Å². The maximum absolute atomic E-state index is 2.65. The molecular formula is C63H66BN3S. The summed E-state index contributed by atoms with van der Waals surface area (Å²) < 4.78 is 2.80. The van der Waals surface area contributed by atoms with Crippen LogP contribution in [0.2, 0.25) is 0 Å². The van der Waals surface area contributed by atoms with Crippen LogP contribution in [0.15, 0.2) is 140 Å². The molecule has 2 aliphatic heterocycles. The molecule has 0 saturated heterocycles. The number of nitrogens with zero attached hydrogens (tertiary/aromatic N) is 3. The van der Waals surface area contributed by atoms with Crippen LogP contribution in [0.25, 0.3) is 10.1 Å². The van der Waals surface area contributed by atoms with E-state index in [9.17, 15) is 0 Å². The van der Waals surface area contributed by atoms with Crippen molar-refractivity contribution in [2.24, 2.45) is 0 Å². The highest BCUT2D eigenvalue weighted by Gasteiger charge is 2.47. The predicted molar refractivity (Wildman–Crippen MR) is 297 cm³/mol. The first kappa shape index (κ1) is 44.5. The molecule has 0 fully saturated rings. The molecule has 68 heavy (non-hydrogen) atoms. The van der Waals surface area contributed by atoms with Crippen LogP contribution in [0.4, 0.5) is 51.2 Å². The Kier molecular flexibility index (Phi) is 10.1. The topological polar surface area (TPSA) is 9.72 Å². The number of fused-ring (bicyclic) bond motifs is 7. The molecule has 0 radical (unpaired) electrons. The van der Waals surface area contributed by atoms with Gasteiger partial charge in [0.25, 0.3) is 6.71 Å². The molecule has 0 spiro atoms. The fourth-order valence-corrected chi connectivity index (χ4v) is 12.9.